The third kappa shape index (κ3) is 6.38. The summed E-state index contributed by atoms with van der Waals surface area (Å²) in [5.41, 5.74) is 1.53. The first-order valence-corrected chi connectivity index (χ1v) is 15.1. The van der Waals surface area contributed by atoms with Crippen molar-refractivity contribution in [2.45, 2.75) is 35.7 Å². The van der Waals surface area contributed by atoms with Gasteiger partial charge < -0.3 is 15.4 Å². The Kier molecular flexibility index (Phi) is 9.09. The lowest BCUT2D eigenvalue weighted by molar-refractivity contribution is 0.0858. The molecule has 3 aromatic carbocycles. The van der Waals surface area contributed by atoms with Crippen LogP contribution in [0.1, 0.15) is 40.5 Å². The van der Waals surface area contributed by atoms with Gasteiger partial charge in [-0.2, -0.15) is 0 Å². The van der Waals surface area contributed by atoms with E-state index >= 15 is 0 Å². The van der Waals surface area contributed by atoms with E-state index in [-0.39, 0.29) is 23.5 Å². The Hall–Kier alpha value is -3.34. The predicted octanol–water partition coefficient (Wildman–Crippen LogP) is 4.78. The zero-order valence-corrected chi connectivity index (χ0v) is 23.0. The Morgan fingerprint density at radius 2 is 1.71 bits per heavy atom. The van der Waals surface area contributed by atoms with Crippen molar-refractivity contribution in [2.24, 2.45) is 0 Å². The van der Waals surface area contributed by atoms with E-state index in [0.29, 0.717) is 35.7 Å². The van der Waals surface area contributed by atoms with Crippen LogP contribution in [-0.2, 0) is 14.8 Å². The predicted molar refractivity (Wildman–Crippen MR) is 151 cm³/mol. The summed E-state index contributed by atoms with van der Waals surface area (Å²) >= 11 is 1.54. The highest BCUT2D eigenvalue weighted by Gasteiger charge is 2.24. The number of anilines is 2. The number of thioether (sulfide) groups is 1. The Labute approximate surface area is 227 Å². The van der Waals surface area contributed by atoms with Crippen molar-refractivity contribution in [1.29, 1.82) is 0 Å². The van der Waals surface area contributed by atoms with Gasteiger partial charge in [-0.1, -0.05) is 12.1 Å². The first-order valence-electron chi connectivity index (χ1n) is 12.4. The highest BCUT2D eigenvalue weighted by atomic mass is 32.2. The molecule has 0 aliphatic carbocycles. The van der Waals surface area contributed by atoms with Gasteiger partial charge in [-0.15, -0.1) is 11.8 Å². The topological polar surface area (TPSA) is 105 Å². The number of sulfonamides is 1. The van der Waals surface area contributed by atoms with Crippen LogP contribution in [0.3, 0.4) is 0 Å². The zero-order chi connectivity index (χ0) is 27.1. The minimum Gasteiger partial charge on any atom is -0.376 e. The van der Waals surface area contributed by atoms with Gasteiger partial charge in [0.1, 0.15) is 0 Å². The molecule has 1 heterocycles. The van der Waals surface area contributed by atoms with Crippen LogP contribution in [0.4, 0.5) is 11.4 Å². The molecule has 3 aromatic rings. The molecule has 1 unspecified atom stereocenters. The first kappa shape index (κ1) is 27.7. The number of para-hydroxylation sites is 1. The van der Waals surface area contributed by atoms with Gasteiger partial charge in [0, 0.05) is 30.2 Å². The number of nitrogens with zero attached hydrogens (tertiary/aromatic N) is 1. The molecule has 4 rings (SSSR count). The second-order valence-electron chi connectivity index (χ2n) is 8.74. The minimum atomic E-state index is -3.77. The van der Waals surface area contributed by atoms with Gasteiger partial charge in [-0.25, -0.2) is 8.42 Å². The van der Waals surface area contributed by atoms with Crippen LogP contribution in [0.25, 0.3) is 0 Å². The first-order chi connectivity index (χ1) is 18.3. The zero-order valence-electron chi connectivity index (χ0n) is 21.3. The lowest BCUT2D eigenvalue weighted by Crippen LogP contribution is -2.32. The van der Waals surface area contributed by atoms with Crippen LogP contribution >= 0.6 is 11.8 Å². The molecular weight excluding hydrogens is 522 g/mol. The second kappa shape index (κ2) is 12.5. The van der Waals surface area contributed by atoms with Crippen molar-refractivity contribution in [3.63, 3.8) is 0 Å². The van der Waals surface area contributed by atoms with Gasteiger partial charge >= 0.3 is 0 Å². The lowest BCUT2D eigenvalue weighted by Gasteiger charge is -2.23. The molecular formula is C28H31N3O5S2. The molecule has 1 aliphatic heterocycles. The Morgan fingerprint density at radius 1 is 1.00 bits per heavy atom. The number of nitrogens with one attached hydrogen (secondary N) is 2. The Morgan fingerprint density at radius 3 is 2.34 bits per heavy atom. The number of rotatable bonds is 10. The number of carbonyl (C=O) groups is 2. The van der Waals surface area contributed by atoms with Gasteiger partial charge in [-0.05, 0) is 86.7 Å². The second-order valence-corrected chi connectivity index (χ2v) is 11.5. The molecule has 1 aliphatic rings. The van der Waals surface area contributed by atoms with Crippen molar-refractivity contribution in [2.75, 3.05) is 35.6 Å². The van der Waals surface area contributed by atoms with E-state index in [1.54, 1.807) is 79.7 Å². The summed E-state index contributed by atoms with van der Waals surface area (Å²) in [6, 6.07) is 19.9. The molecule has 2 N–H and O–H groups in total. The van der Waals surface area contributed by atoms with E-state index < -0.39 is 15.9 Å². The molecule has 2 amide bonds. The van der Waals surface area contributed by atoms with E-state index in [1.807, 2.05) is 6.26 Å². The number of carbonyl (C=O) groups excluding carboxylic acids is 2. The van der Waals surface area contributed by atoms with Crippen LogP contribution in [0.2, 0.25) is 0 Å². The van der Waals surface area contributed by atoms with Crippen LogP contribution in [0.15, 0.2) is 82.6 Å². The molecule has 8 nitrogen and oxygen atoms in total. The summed E-state index contributed by atoms with van der Waals surface area (Å²) in [6.07, 6.45) is 3.84. The van der Waals surface area contributed by atoms with Crippen LogP contribution < -0.4 is 14.9 Å². The molecule has 0 bridgehead atoms. The summed E-state index contributed by atoms with van der Waals surface area (Å²) in [4.78, 5) is 26.9. The maximum atomic E-state index is 13.3. The summed E-state index contributed by atoms with van der Waals surface area (Å²) in [5.74, 6) is -0.699. The molecule has 0 radical (unpaired) electrons. The average molecular weight is 554 g/mol. The third-order valence-corrected chi connectivity index (χ3v) is 8.95. The highest BCUT2D eigenvalue weighted by molar-refractivity contribution is 7.98. The summed E-state index contributed by atoms with van der Waals surface area (Å²) in [6.45, 7) is 3.11. The lowest BCUT2D eigenvalue weighted by atomic mass is 10.1. The fraction of sp³-hybridized carbons (Fsp3) is 0.286. The largest absolute Gasteiger partial charge is 0.376 e. The Balaban J connectivity index is 1.46. The van der Waals surface area contributed by atoms with Crippen molar-refractivity contribution in [3.05, 3.63) is 83.9 Å². The van der Waals surface area contributed by atoms with Crippen molar-refractivity contribution in [1.82, 2.24) is 5.32 Å². The quantitative estimate of drug-likeness (QED) is 0.350. The van der Waals surface area contributed by atoms with E-state index in [0.717, 1.165) is 17.7 Å². The molecule has 38 heavy (non-hydrogen) atoms. The van der Waals surface area contributed by atoms with Crippen molar-refractivity contribution >= 4 is 45.0 Å². The molecule has 1 atom stereocenters. The molecule has 0 aromatic heterocycles. The Bertz CT molecular complexity index is 1370. The monoisotopic (exact) mass is 553 g/mol. The molecule has 10 heteroatoms. The number of ether oxygens (including phenoxy) is 1. The highest BCUT2D eigenvalue weighted by Crippen LogP contribution is 2.26. The smallest absolute Gasteiger partial charge is 0.264 e. The van der Waals surface area contributed by atoms with Crippen molar-refractivity contribution in [3.8, 4) is 0 Å². The van der Waals surface area contributed by atoms with E-state index in [2.05, 4.69) is 10.6 Å². The SMILES string of the molecule is CCN(c1ccc(C(=O)Nc2ccccc2C(=O)NCC2CCCO2)cc1)S(=O)(=O)c1ccc(SC)cc1. The minimum absolute atomic E-state index is 0.0143. The third-order valence-electron chi connectivity index (χ3n) is 6.29. The van der Waals surface area contributed by atoms with Gasteiger partial charge in [0.2, 0.25) is 0 Å². The van der Waals surface area contributed by atoms with Crippen LogP contribution in [0, 0.1) is 0 Å². The number of benzene rings is 3. The summed E-state index contributed by atoms with van der Waals surface area (Å²) in [7, 11) is -3.77. The average Bonchev–Trinajstić information content (AvgIpc) is 3.46. The number of amides is 2. The normalized spacial score (nSPS) is 15.2. The van der Waals surface area contributed by atoms with Gasteiger partial charge in [0.15, 0.2) is 0 Å². The molecule has 0 spiro atoms. The van der Waals surface area contributed by atoms with E-state index in [9.17, 15) is 18.0 Å². The fourth-order valence-electron chi connectivity index (χ4n) is 4.24. The number of hydrogen-bond donors (Lipinski definition) is 2. The standard InChI is InChI=1S/C28H31N3O5S2/c1-3-31(38(34,35)24-16-14-23(37-2)15-17-24)21-12-10-20(11-13-21)27(32)30-26-9-5-4-8-25(26)28(33)29-19-22-7-6-18-36-22/h4-5,8-17,22H,3,6-7,18-19H2,1-2H3,(H,29,33)(H,30,32). The summed E-state index contributed by atoms with van der Waals surface area (Å²) in [5, 5.41) is 5.68. The van der Waals surface area contributed by atoms with Gasteiger partial charge in [0.05, 0.1) is 27.9 Å². The molecule has 1 saturated heterocycles. The summed E-state index contributed by atoms with van der Waals surface area (Å²) < 4.78 is 33.4. The fourth-order valence-corrected chi connectivity index (χ4v) is 6.12. The van der Waals surface area contributed by atoms with Crippen LogP contribution in [0.5, 0.6) is 0 Å². The maximum absolute atomic E-state index is 13.3. The number of hydrogen-bond acceptors (Lipinski definition) is 6. The van der Waals surface area contributed by atoms with E-state index in [1.165, 1.54) is 16.1 Å². The molecule has 0 saturated carbocycles. The molecule has 200 valence electrons. The van der Waals surface area contributed by atoms with Gasteiger partial charge in [-0.3, -0.25) is 13.9 Å². The van der Waals surface area contributed by atoms with E-state index in [4.69, 9.17) is 4.74 Å². The van der Waals surface area contributed by atoms with Crippen LogP contribution in [-0.4, -0.2) is 52.3 Å². The molecule has 1 fully saturated rings. The maximum Gasteiger partial charge on any atom is 0.264 e. The van der Waals surface area contributed by atoms with Crippen molar-refractivity contribution < 1.29 is 22.7 Å². The van der Waals surface area contributed by atoms with Gasteiger partial charge in [0.25, 0.3) is 21.8 Å².